The second kappa shape index (κ2) is 6.76. The third-order valence-electron chi connectivity index (χ3n) is 3.60. The highest BCUT2D eigenvalue weighted by molar-refractivity contribution is 9.10. The van der Waals surface area contributed by atoms with Gasteiger partial charge in [-0.25, -0.2) is 4.98 Å². The van der Waals surface area contributed by atoms with Gasteiger partial charge in [-0.1, -0.05) is 0 Å². The molecule has 0 atom stereocenters. The summed E-state index contributed by atoms with van der Waals surface area (Å²) in [5, 5.41) is 4.52. The van der Waals surface area contributed by atoms with Gasteiger partial charge in [0.15, 0.2) is 0 Å². The summed E-state index contributed by atoms with van der Waals surface area (Å²) in [6, 6.07) is 5.62. The molecule has 0 saturated carbocycles. The molecule has 3 heterocycles. The first kappa shape index (κ1) is 15.5. The minimum atomic E-state index is -0.0736. The molecule has 0 radical (unpaired) electrons. The molecule has 2 aromatic rings. The van der Waals surface area contributed by atoms with Crippen molar-refractivity contribution in [1.82, 2.24) is 10.3 Å². The van der Waals surface area contributed by atoms with Crippen LogP contribution in [0.5, 0.6) is 0 Å². The summed E-state index contributed by atoms with van der Waals surface area (Å²) in [5.74, 6) is 0.192. The number of nitrogen functional groups attached to an aromatic ring is 1. The second-order valence-corrected chi connectivity index (χ2v) is 7.12. The highest BCUT2D eigenvalue weighted by atomic mass is 79.9. The first-order valence-electron chi connectivity index (χ1n) is 7.16. The van der Waals surface area contributed by atoms with Crippen molar-refractivity contribution in [3.05, 3.63) is 39.3 Å². The van der Waals surface area contributed by atoms with Gasteiger partial charge in [-0.2, -0.15) is 0 Å². The first-order valence-corrected chi connectivity index (χ1v) is 8.77. The van der Waals surface area contributed by atoms with Crippen LogP contribution >= 0.6 is 27.3 Å². The number of anilines is 2. The quantitative estimate of drug-likeness (QED) is 0.800. The third-order valence-corrected chi connectivity index (χ3v) is 5.18. The van der Waals surface area contributed by atoms with Crippen LogP contribution in [-0.4, -0.2) is 36.9 Å². The fraction of sp³-hybridized carbons (Fsp3) is 0.333. The molecule has 116 valence electrons. The number of carbonyl (C=O) groups is 1. The Morgan fingerprint density at radius 2 is 2.23 bits per heavy atom. The van der Waals surface area contributed by atoms with Crippen LogP contribution in [0.3, 0.4) is 0 Å². The molecule has 7 heteroatoms. The molecular formula is C15H17BrN4OS. The maximum Gasteiger partial charge on any atom is 0.206 e. The number of halogens is 1. The van der Waals surface area contributed by atoms with Crippen LogP contribution in [0.4, 0.5) is 10.8 Å². The molecular weight excluding hydrogens is 364 g/mol. The van der Waals surface area contributed by atoms with Gasteiger partial charge >= 0.3 is 0 Å². The van der Waals surface area contributed by atoms with Crippen LogP contribution in [0.15, 0.2) is 28.9 Å². The number of hydrogen-bond donors (Lipinski definition) is 2. The minimum Gasteiger partial charge on any atom is -0.383 e. The van der Waals surface area contributed by atoms with Gasteiger partial charge in [0, 0.05) is 30.3 Å². The number of pyridine rings is 1. The molecule has 0 aromatic carbocycles. The zero-order valence-corrected chi connectivity index (χ0v) is 14.4. The fourth-order valence-corrected chi connectivity index (χ4v) is 3.79. The lowest BCUT2D eigenvalue weighted by Crippen LogP contribution is -2.26. The van der Waals surface area contributed by atoms with Gasteiger partial charge < -0.3 is 16.0 Å². The summed E-state index contributed by atoms with van der Waals surface area (Å²) in [5.41, 5.74) is 6.28. The maximum atomic E-state index is 12.6. The van der Waals surface area contributed by atoms with Gasteiger partial charge in [0.25, 0.3) is 0 Å². The van der Waals surface area contributed by atoms with Crippen molar-refractivity contribution in [3.8, 4) is 0 Å². The van der Waals surface area contributed by atoms with E-state index >= 15 is 0 Å². The van der Waals surface area contributed by atoms with Gasteiger partial charge in [-0.3, -0.25) is 4.79 Å². The zero-order valence-electron chi connectivity index (χ0n) is 12.0. The smallest absolute Gasteiger partial charge is 0.206 e. The lowest BCUT2D eigenvalue weighted by Gasteiger charge is -2.19. The Bertz CT molecular complexity index is 680. The average Bonchev–Trinajstić information content (AvgIpc) is 2.85. The average molecular weight is 381 g/mol. The van der Waals surface area contributed by atoms with Crippen LogP contribution in [0.1, 0.15) is 21.7 Å². The molecule has 3 N–H and O–H groups in total. The van der Waals surface area contributed by atoms with Crippen molar-refractivity contribution in [2.75, 3.05) is 36.8 Å². The largest absolute Gasteiger partial charge is 0.383 e. The zero-order chi connectivity index (χ0) is 15.5. The van der Waals surface area contributed by atoms with Crippen LogP contribution < -0.4 is 16.0 Å². The van der Waals surface area contributed by atoms with Gasteiger partial charge in [0.05, 0.1) is 15.4 Å². The normalized spacial score (nSPS) is 15.6. The van der Waals surface area contributed by atoms with Crippen molar-refractivity contribution in [2.24, 2.45) is 0 Å². The van der Waals surface area contributed by atoms with E-state index in [2.05, 4.69) is 31.1 Å². The van der Waals surface area contributed by atoms with Gasteiger partial charge in [0.1, 0.15) is 5.82 Å². The molecule has 0 aliphatic carbocycles. The predicted octanol–water partition coefficient (Wildman–Crippen LogP) is 2.52. The number of rotatable bonds is 3. The van der Waals surface area contributed by atoms with Crippen LogP contribution in [-0.2, 0) is 0 Å². The summed E-state index contributed by atoms with van der Waals surface area (Å²) in [7, 11) is 0. The van der Waals surface area contributed by atoms with Gasteiger partial charge in [-0.05, 0) is 47.1 Å². The molecule has 0 bridgehead atoms. The Hall–Kier alpha value is -1.44. The van der Waals surface area contributed by atoms with Crippen molar-refractivity contribution >= 4 is 43.9 Å². The Kier molecular flexibility index (Phi) is 4.75. The van der Waals surface area contributed by atoms with Crippen molar-refractivity contribution in [3.63, 3.8) is 0 Å². The molecule has 0 unspecified atom stereocenters. The Morgan fingerprint density at radius 3 is 3.09 bits per heavy atom. The van der Waals surface area contributed by atoms with Crippen LogP contribution in [0.25, 0.3) is 0 Å². The summed E-state index contributed by atoms with van der Waals surface area (Å²) in [6.45, 7) is 4.01. The number of nitrogens with one attached hydrogen (secondary N) is 1. The van der Waals surface area contributed by atoms with Crippen LogP contribution in [0.2, 0.25) is 0 Å². The van der Waals surface area contributed by atoms with E-state index in [1.165, 1.54) is 11.3 Å². The number of aromatic nitrogens is 1. The Balaban J connectivity index is 1.83. The highest BCUT2D eigenvalue weighted by Gasteiger charge is 2.18. The standard InChI is InChI=1S/C15H17BrN4OS/c16-10-8-11(15(17)19-9-10)14(21)12-2-3-13(22-12)20-6-1-4-18-5-7-20/h2-3,8-9,18H,1,4-7H2,(H2,17,19). The number of nitrogens with two attached hydrogens (primary N) is 1. The summed E-state index contributed by atoms with van der Waals surface area (Å²) in [4.78, 5) is 19.7. The molecule has 22 heavy (non-hydrogen) atoms. The Morgan fingerprint density at radius 1 is 1.36 bits per heavy atom. The van der Waals surface area contributed by atoms with E-state index in [0.29, 0.717) is 10.4 Å². The molecule has 2 aromatic heterocycles. The monoisotopic (exact) mass is 380 g/mol. The predicted molar refractivity (Wildman–Crippen MR) is 93.8 cm³/mol. The molecule has 1 aliphatic rings. The fourth-order valence-electron chi connectivity index (χ4n) is 2.45. The Labute approximate surface area is 141 Å². The minimum absolute atomic E-state index is 0.0736. The first-order chi connectivity index (χ1) is 10.6. The lowest BCUT2D eigenvalue weighted by molar-refractivity contribution is 0.104. The van der Waals surface area contributed by atoms with E-state index < -0.39 is 0 Å². The van der Waals surface area contributed by atoms with E-state index in [9.17, 15) is 4.79 Å². The summed E-state index contributed by atoms with van der Waals surface area (Å²) >= 11 is 4.85. The van der Waals surface area contributed by atoms with Crippen molar-refractivity contribution in [1.29, 1.82) is 0 Å². The molecule has 1 saturated heterocycles. The van der Waals surface area contributed by atoms with Crippen molar-refractivity contribution < 1.29 is 4.79 Å². The number of nitrogens with zero attached hydrogens (tertiary/aromatic N) is 2. The number of carbonyl (C=O) groups excluding carboxylic acids is 1. The molecule has 5 nitrogen and oxygen atoms in total. The molecule has 1 fully saturated rings. The number of thiophene rings is 1. The summed E-state index contributed by atoms with van der Waals surface area (Å²) < 4.78 is 0.750. The number of ketones is 1. The van der Waals surface area contributed by atoms with Gasteiger partial charge in [-0.15, -0.1) is 11.3 Å². The second-order valence-electron chi connectivity index (χ2n) is 5.14. The van der Waals surface area contributed by atoms with E-state index in [1.807, 2.05) is 12.1 Å². The molecule has 1 aliphatic heterocycles. The van der Waals surface area contributed by atoms with Gasteiger partial charge in [0.2, 0.25) is 5.78 Å². The molecule has 0 amide bonds. The topological polar surface area (TPSA) is 71.2 Å². The molecule has 0 spiro atoms. The lowest BCUT2D eigenvalue weighted by atomic mass is 10.1. The van der Waals surface area contributed by atoms with E-state index in [0.717, 1.165) is 42.1 Å². The summed E-state index contributed by atoms with van der Waals surface area (Å²) in [6.07, 6.45) is 2.71. The van der Waals surface area contributed by atoms with Crippen molar-refractivity contribution in [2.45, 2.75) is 6.42 Å². The SMILES string of the molecule is Nc1ncc(Br)cc1C(=O)c1ccc(N2CCCNCC2)s1. The van der Waals surface area contributed by atoms with E-state index in [1.54, 1.807) is 12.3 Å². The van der Waals surface area contributed by atoms with E-state index in [4.69, 9.17) is 5.73 Å². The third kappa shape index (κ3) is 3.31. The molecule has 3 rings (SSSR count). The highest BCUT2D eigenvalue weighted by Crippen LogP contribution is 2.29. The number of hydrogen-bond acceptors (Lipinski definition) is 6. The van der Waals surface area contributed by atoms with Crippen LogP contribution in [0, 0.1) is 0 Å². The van der Waals surface area contributed by atoms with E-state index in [-0.39, 0.29) is 11.6 Å². The maximum absolute atomic E-state index is 12.6.